The Morgan fingerprint density at radius 1 is 1.10 bits per heavy atom. The SMILES string of the molecule is CC(C)(C)n1c(C23CC4CC(CC(C4)C2)C3)n[nH]c1=S. The summed E-state index contributed by atoms with van der Waals surface area (Å²) < 4.78 is 3.10. The standard InChI is InChI=1S/C16H25N3S/c1-15(2,3)19-13(17-18-14(19)20)16-7-10-4-11(8-16)6-12(5-10)9-16/h10-12H,4-9H2,1-3H3,(H,18,20). The molecule has 4 fully saturated rings. The zero-order chi connectivity index (χ0) is 14.1. The number of H-pyrrole nitrogens is 1. The van der Waals surface area contributed by atoms with Gasteiger partial charge in [0.25, 0.3) is 0 Å². The van der Waals surface area contributed by atoms with Gasteiger partial charge in [0.2, 0.25) is 0 Å². The van der Waals surface area contributed by atoms with Crippen molar-refractivity contribution in [1.29, 1.82) is 0 Å². The van der Waals surface area contributed by atoms with Crippen molar-refractivity contribution in [3.8, 4) is 0 Å². The molecule has 4 bridgehead atoms. The number of nitrogens with one attached hydrogen (secondary N) is 1. The smallest absolute Gasteiger partial charge is 0.195 e. The van der Waals surface area contributed by atoms with E-state index in [0.717, 1.165) is 22.5 Å². The molecule has 0 radical (unpaired) electrons. The fraction of sp³-hybridized carbons (Fsp3) is 0.875. The Balaban J connectivity index is 1.84. The molecule has 0 aliphatic heterocycles. The number of hydrogen-bond acceptors (Lipinski definition) is 2. The third kappa shape index (κ3) is 1.76. The molecule has 4 heteroatoms. The van der Waals surface area contributed by atoms with Crippen molar-refractivity contribution in [2.45, 2.75) is 70.3 Å². The first-order valence-electron chi connectivity index (χ1n) is 8.06. The van der Waals surface area contributed by atoms with Crippen LogP contribution in [0.4, 0.5) is 0 Å². The maximum absolute atomic E-state index is 5.52. The van der Waals surface area contributed by atoms with Gasteiger partial charge in [-0.25, -0.2) is 0 Å². The molecule has 20 heavy (non-hydrogen) atoms. The van der Waals surface area contributed by atoms with E-state index in [0.29, 0.717) is 5.41 Å². The van der Waals surface area contributed by atoms with Crippen LogP contribution in [-0.2, 0) is 11.0 Å². The molecule has 4 aliphatic carbocycles. The van der Waals surface area contributed by atoms with Gasteiger partial charge in [-0.15, -0.1) is 0 Å². The van der Waals surface area contributed by atoms with E-state index in [1.807, 2.05) is 0 Å². The highest BCUT2D eigenvalue weighted by Crippen LogP contribution is 2.60. The second kappa shape index (κ2) is 3.96. The first-order valence-corrected chi connectivity index (χ1v) is 8.47. The summed E-state index contributed by atoms with van der Waals surface area (Å²) in [6.07, 6.45) is 8.44. The number of nitrogens with zero attached hydrogens (tertiary/aromatic N) is 2. The Hall–Kier alpha value is -0.640. The lowest BCUT2D eigenvalue weighted by atomic mass is 9.49. The average Bonchev–Trinajstić information content (AvgIpc) is 2.69. The summed E-state index contributed by atoms with van der Waals surface area (Å²) in [5, 5.41) is 7.80. The fourth-order valence-electron chi connectivity index (χ4n) is 5.66. The van der Waals surface area contributed by atoms with E-state index in [-0.39, 0.29) is 5.54 Å². The number of aromatic amines is 1. The molecule has 4 aliphatic rings. The number of hydrogen-bond donors (Lipinski definition) is 1. The maximum Gasteiger partial charge on any atom is 0.195 e. The molecule has 5 rings (SSSR count). The van der Waals surface area contributed by atoms with Crippen LogP contribution in [0.15, 0.2) is 0 Å². The monoisotopic (exact) mass is 291 g/mol. The van der Waals surface area contributed by atoms with E-state index in [4.69, 9.17) is 17.3 Å². The van der Waals surface area contributed by atoms with Crippen molar-refractivity contribution in [3.05, 3.63) is 10.6 Å². The van der Waals surface area contributed by atoms with Crippen molar-refractivity contribution in [3.63, 3.8) is 0 Å². The lowest BCUT2D eigenvalue weighted by molar-refractivity contribution is -0.0127. The van der Waals surface area contributed by atoms with Crippen LogP contribution in [0, 0.1) is 22.5 Å². The highest BCUT2D eigenvalue weighted by molar-refractivity contribution is 7.71. The Kier molecular flexibility index (Phi) is 2.59. The minimum Gasteiger partial charge on any atom is -0.298 e. The molecule has 4 saturated carbocycles. The van der Waals surface area contributed by atoms with Gasteiger partial charge in [-0.1, -0.05) is 0 Å². The Bertz CT molecular complexity index is 554. The summed E-state index contributed by atoms with van der Waals surface area (Å²) in [7, 11) is 0. The minimum atomic E-state index is 0.0166. The lowest BCUT2D eigenvalue weighted by Gasteiger charge is -2.56. The third-order valence-electron chi connectivity index (χ3n) is 5.86. The van der Waals surface area contributed by atoms with Crippen LogP contribution in [0.2, 0.25) is 0 Å². The molecule has 1 heterocycles. The largest absolute Gasteiger partial charge is 0.298 e. The second-order valence-electron chi connectivity index (χ2n) is 8.56. The summed E-state index contributed by atoms with van der Waals surface area (Å²) in [5.41, 5.74) is 0.332. The zero-order valence-electron chi connectivity index (χ0n) is 12.8. The molecular formula is C16H25N3S. The summed E-state index contributed by atoms with van der Waals surface area (Å²) in [5.74, 6) is 4.09. The van der Waals surface area contributed by atoms with Crippen LogP contribution < -0.4 is 0 Å². The van der Waals surface area contributed by atoms with E-state index in [1.54, 1.807) is 0 Å². The molecule has 1 aromatic heterocycles. The predicted octanol–water partition coefficient (Wildman–Crippen LogP) is 4.16. The van der Waals surface area contributed by atoms with Crippen molar-refractivity contribution >= 4 is 12.2 Å². The van der Waals surface area contributed by atoms with Gasteiger partial charge in [0.15, 0.2) is 4.77 Å². The molecule has 0 amide bonds. The average molecular weight is 291 g/mol. The number of rotatable bonds is 1. The molecule has 3 nitrogen and oxygen atoms in total. The van der Waals surface area contributed by atoms with Gasteiger partial charge in [0.05, 0.1) is 0 Å². The predicted molar refractivity (Wildman–Crippen MR) is 82.3 cm³/mol. The Labute approximate surface area is 126 Å². The molecule has 0 unspecified atom stereocenters. The topological polar surface area (TPSA) is 33.6 Å². The quantitative estimate of drug-likeness (QED) is 0.788. The molecule has 0 saturated heterocycles. The van der Waals surface area contributed by atoms with Crippen LogP contribution in [0.25, 0.3) is 0 Å². The summed E-state index contributed by atoms with van der Waals surface area (Å²) >= 11 is 5.52. The highest BCUT2D eigenvalue weighted by atomic mass is 32.1. The van der Waals surface area contributed by atoms with Crippen molar-refractivity contribution < 1.29 is 0 Å². The summed E-state index contributed by atoms with van der Waals surface area (Å²) in [4.78, 5) is 0. The van der Waals surface area contributed by atoms with E-state index in [9.17, 15) is 0 Å². The number of aromatic nitrogens is 3. The van der Waals surface area contributed by atoms with Gasteiger partial charge in [-0.3, -0.25) is 9.67 Å². The molecule has 0 aromatic carbocycles. The molecule has 110 valence electrons. The van der Waals surface area contributed by atoms with Gasteiger partial charge in [0.1, 0.15) is 5.82 Å². The van der Waals surface area contributed by atoms with Crippen LogP contribution in [-0.4, -0.2) is 14.8 Å². The lowest BCUT2D eigenvalue weighted by Crippen LogP contribution is -2.50. The van der Waals surface area contributed by atoms with Crippen molar-refractivity contribution in [2.75, 3.05) is 0 Å². The maximum atomic E-state index is 5.52. The highest BCUT2D eigenvalue weighted by Gasteiger charge is 2.54. The summed E-state index contributed by atoms with van der Waals surface area (Å²) in [6.45, 7) is 6.72. The third-order valence-corrected chi connectivity index (χ3v) is 6.13. The first kappa shape index (κ1) is 13.1. The van der Waals surface area contributed by atoms with Gasteiger partial charge >= 0.3 is 0 Å². The first-order chi connectivity index (χ1) is 9.37. The fourth-order valence-corrected chi connectivity index (χ4v) is 6.07. The zero-order valence-corrected chi connectivity index (χ0v) is 13.6. The Morgan fingerprint density at radius 3 is 2.05 bits per heavy atom. The van der Waals surface area contributed by atoms with Gasteiger partial charge in [-0.2, -0.15) is 5.10 Å². The molecule has 0 spiro atoms. The van der Waals surface area contributed by atoms with Gasteiger partial charge < -0.3 is 0 Å². The molecule has 0 atom stereocenters. The van der Waals surface area contributed by atoms with E-state index < -0.39 is 0 Å². The van der Waals surface area contributed by atoms with Crippen LogP contribution in [0.5, 0.6) is 0 Å². The molecule has 1 N–H and O–H groups in total. The minimum absolute atomic E-state index is 0.0166. The molecular weight excluding hydrogens is 266 g/mol. The normalized spacial score (nSPS) is 39.5. The summed E-state index contributed by atoms with van der Waals surface area (Å²) in [6, 6.07) is 0. The van der Waals surface area contributed by atoms with Crippen molar-refractivity contribution in [1.82, 2.24) is 14.8 Å². The van der Waals surface area contributed by atoms with Gasteiger partial charge in [-0.05, 0) is 89.3 Å². The van der Waals surface area contributed by atoms with Crippen LogP contribution in [0.1, 0.15) is 65.1 Å². The van der Waals surface area contributed by atoms with Crippen LogP contribution in [0.3, 0.4) is 0 Å². The van der Waals surface area contributed by atoms with Crippen LogP contribution >= 0.6 is 12.2 Å². The van der Waals surface area contributed by atoms with E-state index in [1.165, 1.54) is 44.3 Å². The second-order valence-corrected chi connectivity index (χ2v) is 8.94. The van der Waals surface area contributed by atoms with E-state index in [2.05, 4.69) is 30.4 Å². The van der Waals surface area contributed by atoms with Crippen molar-refractivity contribution in [2.24, 2.45) is 17.8 Å². The van der Waals surface area contributed by atoms with Gasteiger partial charge in [0, 0.05) is 11.0 Å². The Morgan fingerprint density at radius 2 is 1.60 bits per heavy atom. The van der Waals surface area contributed by atoms with E-state index >= 15 is 0 Å². The molecule has 1 aromatic rings.